The molecule has 0 saturated carbocycles. The topological polar surface area (TPSA) is 58.1 Å². The van der Waals surface area contributed by atoms with E-state index in [9.17, 15) is 13.6 Å². The highest BCUT2D eigenvalue weighted by molar-refractivity contribution is 7.17. The van der Waals surface area contributed by atoms with E-state index in [2.05, 4.69) is 15.3 Å². The Morgan fingerprint density at radius 3 is 2.50 bits per heavy atom. The molecule has 1 aliphatic heterocycles. The molecular weight excluding hydrogens is 382 g/mol. The summed E-state index contributed by atoms with van der Waals surface area (Å²) in [5.74, 6) is -1.11. The van der Waals surface area contributed by atoms with E-state index in [4.69, 9.17) is 0 Å². The Labute approximate surface area is 166 Å². The van der Waals surface area contributed by atoms with Gasteiger partial charge in [-0.3, -0.25) is 4.79 Å². The second kappa shape index (κ2) is 9.05. The number of rotatable bonds is 4. The van der Waals surface area contributed by atoms with E-state index in [1.165, 1.54) is 23.5 Å². The molecule has 0 unspecified atom stereocenters. The minimum absolute atomic E-state index is 0.0998. The number of anilines is 1. The predicted octanol–water partition coefficient (Wildman–Crippen LogP) is 4.84. The maximum Gasteiger partial charge on any atom is 0.274 e. The zero-order chi connectivity index (χ0) is 20.1. The van der Waals surface area contributed by atoms with Crippen LogP contribution in [0, 0.1) is 11.6 Å². The second-order valence-electron chi connectivity index (χ2n) is 6.16. The molecule has 0 atom stereocenters. The Morgan fingerprint density at radius 2 is 1.82 bits per heavy atom. The summed E-state index contributed by atoms with van der Waals surface area (Å²) in [5, 5.41) is 4.83. The number of carbonyl (C=O) groups excluding carboxylic acids is 1. The lowest BCUT2D eigenvalue weighted by atomic mass is 10.2. The fourth-order valence-corrected chi connectivity index (χ4v) is 3.86. The van der Waals surface area contributed by atoms with E-state index in [1.54, 1.807) is 4.90 Å². The van der Waals surface area contributed by atoms with Crippen LogP contribution in [0.25, 0.3) is 10.2 Å². The van der Waals surface area contributed by atoms with Gasteiger partial charge >= 0.3 is 0 Å². The van der Waals surface area contributed by atoms with Crippen molar-refractivity contribution in [1.29, 1.82) is 0 Å². The largest absolute Gasteiger partial charge is 0.350 e. The Morgan fingerprint density at radius 1 is 1.14 bits per heavy atom. The molecule has 2 aromatic heterocycles. The van der Waals surface area contributed by atoms with Crippen molar-refractivity contribution in [2.75, 3.05) is 18.4 Å². The molecule has 8 heteroatoms. The first-order valence-corrected chi connectivity index (χ1v) is 10.2. The smallest absolute Gasteiger partial charge is 0.274 e. The number of nitrogens with zero attached hydrogens (tertiary/aromatic N) is 3. The van der Waals surface area contributed by atoms with Gasteiger partial charge in [-0.05, 0) is 42.0 Å². The lowest BCUT2D eigenvalue weighted by molar-refractivity contribution is 0.0789. The highest BCUT2D eigenvalue weighted by Gasteiger charge is 2.24. The molecule has 1 N–H and O–H groups in total. The van der Waals surface area contributed by atoms with E-state index >= 15 is 0 Å². The molecule has 0 radical (unpaired) electrons. The zero-order valence-corrected chi connectivity index (χ0v) is 16.7. The van der Waals surface area contributed by atoms with Crippen LogP contribution in [0.1, 0.15) is 42.7 Å². The van der Waals surface area contributed by atoms with Gasteiger partial charge in [-0.15, -0.1) is 11.3 Å². The minimum atomic E-state index is -0.638. The molecule has 3 heterocycles. The first-order chi connectivity index (χ1) is 13.6. The summed E-state index contributed by atoms with van der Waals surface area (Å²) in [7, 11) is 0. The number of carbonyl (C=O) groups is 1. The van der Waals surface area contributed by atoms with Gasteiger partial charge < -0.3 is 10.2 Å². The van der Waals surface area contributed by atoms with Crippen molar-refractivity contribution < 1.29 is 13.6 Å². The number of aromatic nitrogens is 2. The molecule has 0 aliphatic carbocycles. The Bertz CT molecular complexity index is 950. The average molecular weight is 404 g/mol. The lowest BCUT2D eigenvalue weighted by Gasteiger charge is -2.15. The van der Waals surface area contributed by atoms with Gasteiger partial charge in [0.2, 0.25) is 5.95 Å². The molecule has 148 valence electrons. The van der Waals surface area contributed by atoms with Gasteiger partial charge in [0.25, 0.3) is 5.91 Å². The van der Waals surface area contributed by atoms with Gasteiger partial charge in [0, 0.05) is 25.7 Å². The monoisotopic (exact) mass is 404 g/mol. The van der Waals surface area contributed by atoms with E-state index in [0.29, 0.717) is 16.8 Å². The van der Waals surface area contributed by atoms with Gasteiger partial charge in [0.15, 0.2) is 5.69 Å². The van der Waals surface area contributed by atoms with Crippen LogP contribution in [0.15, 0.2) is 29.6 Å². The van der Waals surface area contributed by atoms with Gasteiger partial charge in [-0.2, -0.15) is 0 Å². The summed E-state index contributed by atoms with van der Waals surface area (Å²) in [6.07, 6.45) is 2.00. The number of halogens is 2. The predicted molar refractivity (Wildman–Crippen MR) is 108 cm³/mol. The third-order valence-corrected chi connectivity index (χ3v) is 5.18. The van der Waals surface area contributed by atoms with E-state index in [-0.39, 0.29) is 18.4 Å². The van der Waals surface area contributed by atoms with Gasteiger partial charge in [0.1, 0.15) is 11.6 Å². The average Bonchev–Trinajstić information content (AvgIpc) is 3.38. The number of hydrogen-bond acceptors (Lipinski definition) is 5. The zero-order valence-electron chi connectivity index (χ0n) is 15.8. The Kier molecular flexibility index (Phi) is 6.51. The fraction of sp³-hybridized carbons (Fsp3) is 0.350. The van der Waals surface area contributed by atoms with Crippen molar-refractivity contribution in [1.82, 2.24) is 14.9 Å². The molecule has 1 amide bonds. The number of benzene rings is 1. The van der Waals surface area contributed by atoms with Gasteiger partial charge in [-0.25, -0.2) is 18.7 Å². The summed E-state index contributed by atoms with van der Waals surface area (Å²) < 4.78 is 27.4. The molecular formula is C20H22F2N4OS. The summed E-state index contributed by atoms with van der Waals surface area (Å²) in [6.45, 7) is 5.63. The van der Waals surface area contributed by atoms with Crippen molar-refractivity contribution in [2.45, 2.75) is 33.2 Å². The first-order valence-electron chi connectivity index (χ1n) is 9.33. The number of hydrogen-bond donors (Lipinski definition) is 1. The van der Waals surface area contributed by atoms with Crippen LogP contribution < -0.4 is 5.32 Å². The van der Waals surface area contributed by atoms with E-state index in [0.717, 1.165) is 36.7 Å². The Balaban J connectivity index is 0.00000109. The summed E-state index contributed by atoms with van der Waals surface area (Å²) in [4.78, 5) is 23.4. The summed E-state index contributed by atoms with van der Waals surface area (Å²) >= 11 is 1.43. The molecule has 4 rings (SSSR count). The van der Waals surface area contributed by atoms with Gasteiger partial charge in [-0.1, -0.05) is 13.8 Å². The SMILES string of the molecule is CC.O=C(c1nc(NCc2cc(F)cc(F)c2)nc2ccsc12)N1CCCC1. The normalized spacial score (nSPS) is 13.4. The third kappa shape index (κ3) is 4.44. The maximum atomic E-state index is 13.3. The summed E-state index contributed by atoms with van der Waals surface area (Å²) in [6, 6.07) is 5.14. The molecule has 1 aromatic carbocycles. The van der Waals surface area contributed by atoms with Crippen LogP contribution in [0.2, 0.25) is 0 Å². The first kappa shape index (κ1) is 20.1. The number of nitrogens with one attached hydrogen (secondary N) is 1. The van der Waals surface area contributed by atoms with Crippen LogP contribution >= 0.6 is 11.3 Å². The van der Waals surface area contributed by atoms with Crippen molar-refractivity contribution in [3.8, 4) is 0 Å². The van der Waals surface area contributed by atoms with Crippen molar-refractivity contribution in [3.63, 3.8) is 0 Å². The molecule has 5 nitrogen and oxygen atoms in total. The van der Waals surface area contributed by atoms with Crippen molar-refractivity contribution in [2.24, 2.45) is 0 Å². The Hall–Kier alpha value is -2.61. The molecule has 0 bridgehead atoms. The standard InChI is InChI=1S/C18H16F2N4OS.C2H6/c19-12-7-11(8-13(20)9-12)10-21-18-22-14-3-6-26-16(14)15(23-18)17(25)24-4-1-2-5-24;1-2/h3,6-9H,1-2,4-5,10H2,(H,21,22,23);1-2H3. The minimum Gasteiger partial charge on any atom is -0.350 e. The lowest BCUT2D eigenvalue weighted by Crippen LogP contribution is -2.28. The number of fused-ring (bicyclic) bond motifs is 1. The summed E-state index contributed by atoms with van der Waals surface area (Å²) in [5.41, 5.74) is 1.49. The van der Waals surface area contributed by atoms with Crippen molar-refractivity contribution >= 4 is 33.4 Å². The highest BCUT2D eigenvalue weighted by Crippen LogP contribution is 2.26. The number of thiophene rings is 1. The van der Waals surface area contributed by atoms with Crippen LogP contribution in [-0.4, -0.2) is 33.9 Å². The molecule has 0 spiro atoms. The second-order valence-corrected chi connectivity index (χ2v) is 7.08. The molecule has 1 fully saturated rings. The van der Waals surface area contributed by atoms with Crippen LogP contribution in [0.4, 0.5) is 14.7 Å². The quantitative estimate of drug-likeness (QED) is 0.676. The molecule has 3 aromatic rings. The van der Waals surface area contributed by atoms with Crippen LogP contribution in [0.3, 0.4) is 0 Å². The molecule has 1 saturated heterocycles. The fourth-order valence-electron chi connectivity index (χ4n) is 3.05. The maximum absolute atomic E-state index is 13.3. The number of likely N-dealkylation sites (tertiary alicyclic amines) is 1. The number of amides is 1. The third-order valence-electron chi connectivity index (χ3n) is 4.27. The van der Waals surface area contributed by atoms with Crippen LogP contribution in [0.5, 0.6) is 0 Å². The molecule has 28 heavy (non-hydrogen) atoms. The highest BCUT2D eigenvalue weighted by atomic mass is 32.1. The molecule has 1 aliphatic rings. The van der Waals surface area contributed by atoms with E-state index < -0.39 is 11.6 Å². The van der Waals surface area contributed by atoms with E-state index in [1.807, 2.05) is 25.3 Å². The van der Waals surface area contributed by atoms with Crippen molar-refractivity contribution in [3.05, 3.63) is 52.5 Å². The van der Waals surface area contributed by atoms with Crippen LogP contribution in [-0.2, 0) is 6.54 Å². The van der Waals surface area contributed by atoms with Gasteiger partial charge in [0.05, 0.1) is 10.2 Å².